The monoisotopic (exact) mass is 437 g/mol. The Bertz CT molecular complexity index is 879. The molecule has 2 aromatic carbocycles. The van der Waals surface area contributed by atoms with E-state index in [0.29, 0.717) is 47.5 Å². The van der Waals surface area contributed by atoms with Crippen LogP contribution in [0.25, 0.3) is 0 Å². The van der Waals surface area contributed by atoms with Crippen LogP contribution in [0.5, 0.6) is 5.75 Å². The molecule has 1 aliphatic heterocycles. The zero-order valence-corrected chi connectivity index (χ0v) is 17.4. The van der Waals surface area contributed by atoms with Crippen molar-refractivity contribution in [3.63, 3.8) is 0 Å². The highest BCUT2D eigenvalue weighted by molar-refractivity contribution is 6.35. The first-order chi connectivity index (χ1) is 13.9. The molecule has 0 spiro atoms. The molecule has 0 radical (unpaired) electrons. The number of nitrogens with one attached hydrogen (secondary N) is 1. The van der Waals surface area contributed by atoms with Crippen LogP contribution in [0.4, 0.5) is 5.69 Å². The van der Waals surface area contributed by atoms with Crippen LogP contribution in [0.3, 0.4) is 0 Å². The number of carbonyl (C=O) groups is 2. The molecule has 1 heterocycles. The van der Waals surface area contributed by atoms with Crippen molar-refractivity contribution in [3.8, 4) is 5.75 Å². The van der Waals surface area contributed by atoms with E-state index in [2.05, 4.69) is 10.1 Å². The lowest BCUT2D eigenvalue weighted by Crippen LogP contribution is -2.45. The van der Waals surface area contributed by atoms with Crippen molar-refractivity contribution in [2.45, 2.75) is 18.3 Å². The van der Waals surface area contributed by atoms with Crippen LogP contribution < -0.4 is 10.1 Å². The predicted octanol–water partition coefficient (Wildman–Crippen LogP) is 4.23. The van der Waals surface area contributed by atoms with Crippen molar-refractivity contribution in [1.82, 2.24) is 0 Å². The van der Waals surface area contributed by atoms with Gasteiger partial charge in [-0.2, -0.15) is 0 Å². The molecule has 1 saturated heterocycles. The molecule has 29 heavy (non-hydrogen) atoms. The van der Waals surface area contributed by atoms with Gasteiger partial charge in [-0.1, -0.05) is 29.3 Å². The summed E-state index contributed by atoms with van der Waals surface area (Å²) in [5.74, 6) is -0.133. The summed E-state index contributed by atoms with van der Waals surface area (Å²) < 4.78 is 15.3. The summed E-state index contributed by atoms with van der Waals surface area (Å²) >= 11 is 12.5. The molecule has 2 aromatic rings. The smallest absolute Gasteiger partial charge is 0.343 e. The first-order valence-electron chi connectivity index (χ1n) is 9.09. The Balaban J connectivity index is 1.78. The Hall–Kier alpha value is -2.28. The third-order valence-corrected chi connectivity index (χ3v) is 5.47. The van der Waals surface area contributed by atoms with Gasteiger partial charge in [0.2, 0.25) is 5.91 Å². The van der Waals surface area contributed by atoms with E-state index in [0.717, 1.165) is 5.56 Å². The van der Waals surface area contributed by atoms with Crippen LogP contribution in [-0.2, 0) is 24.5 Å². The van der Waals surface area contributed by atoms with Gasteiger partial charge < -0.3 is 19.5 Å². The van der Waals surface area contributed by atoms with Crippen molar-refractivity contribution >= 4 is 40.8 Å². The number of benzene rings is 2. The van der Waals surface area contributed by atoms with E-state index >= 15 is 0 Å². The lowest BCUT2D eigenvalue weighted by atomic mass is 9.73. The van der Waals surface area contributed by atoms with Gasteiger partial charge in [-0.05, 0) is 54.8 Å². The highest BCUT2D eigenvalue weighted by Crippen LogP contribution is 2.40. The molecule has 1 aliphatic rings. The zero-order chi connectivity index (χ0) is 20.9. The first kappa shape index (κ1) is 21.4. The second-order valence-electron chi connectivity index (χ2n) is 6.66. The molecule has 6 nitrogen and oxygen atoms in total. The zero-order valence-electron chi connectivity index (χ0n) is 15.9. The fraction of sp³-hybridized carbons (Fsp3) is 0.333. The van der Waals surface area contributed by atoms with Gasteiger partial charge in [-0.15, -0.1) is 0 Å². The number of hydrogen-bond donors (Lipinski definition) is 1. The molecule has 0 bridgehead atoms. The number of ether oxygens (including phenoxy) is 3. The maximum atomic E-state index is 13.3. The Morgan fingerprint density at radius 3 is 2.41 bits per heavy atom. The van der Waals surface area contributed by atoms with Crippen LogP contribution in [0.15, 0.2) is 42.5 Å². The van der Waals surface area contributed by atoms with Gasteiger partial charge in [0.1, 0.15) is 5.75 Å². The average Bonchev–Trinajstić information content (AvgIpc) is 2.73. The fourth-order valence-corrected chi connectivity index (χ4v) is 3.89. The van der Waals surface area contributed by atoms with Crippen LogP contribution in [0.2, 0.25) is 10.0 Å². The molecule has 154 valence electrons. The third kappa shape index (κ3) is 5.01. The highest BCUT2D eigenvalue weighted by Gasteiger charge is 2.43. The molecule has 0 aliphatic carbocycles. The maximum absolute atomic E-state index is 13.3. The van der Waals surface area contributed by atoms with Gasteiger partial charge in [-0.3, -0.25) is 4.79 Å². The number of rotatable bonds is 6. The first-order valence-corrected chi connectivity index (χ1v) is 9.84. The summed E-state index contributed by atoms with van der Waals surface area (Å²) in [5, 5.41) is 3.94. The van der Waals surface area contributed by atoms with Crippen molar-refractivity contribution in [1.29, 1.82) is 0 Å². The standard InChI is InChI=1S/C21H21Cl2NO5/c1-27-19(25)13-29-16-5-3-15(4-6-16)24-20(26)21(8-10-28-11-9-21)17-7-2-14(22)12-18(17)23/h2-7,12H,8-11,13H2,1H3,(H,24,26). The second kappa shape index (κ2) is 9.48. The van der Waals surface area contributed by atoms with Crippen molar-refractivity contribution < 1.29 is 23.8 Å². The van der Waals surface area contributed by atoms with Gasteiger partial charge >= 0.3 is 5.97 Å². The molecule has 0 aromatic heterocycles. The molecule has 1 fully saturated rings. The molecular weight excluding hydrogens is 417 g/mol. The maximum Gasteiger partial charge on any atom is 0.343 e. The SMILES string of the molecule is COC(=O)COc1ccc(NC(=O)C2(c3ccc(Cl)cc3Cl)CCOCC2)cc1. The molecule has 1 amide bonds. The summed E-state index contributed by atoms with van der Waals surface area (Å²) in [6.45, 7) is 0.750. The molecule has 0 atom stereocenters. The summed E-state index contributed by atoms with van der Waals surface area (Å²) in [4.78, 5) is 24.5. The Kier molecular flexibility index (Phi) is 7.00. The van der Waals surface area contributed by atoms with E-state index in [-0.39, 0.29) is 12.5 Å². The second-order valence-corrected chi connectivity index (χ2v) is 7.51. The van der Waals surface area contributed by atoms with Crippen LogP contribution in [0, 0.1) is 0 Å². The summed E-state index contributed by atoms with van der Waals surface area (Å²) in [6.07, 6.45) is 1.03. The Morgan fingerprint density at radius 1 is 1.10 bits per heavy atom. The largest absolute Gasteiger partial charge is 0.482 e. The number of anilines is 1. The lowest BCUT2D eigenvalue weighted by Gasteiger charge is -2.36. The highest BCUT2D eigenvalue weighted by atomic mass is 35.5. The number of esters is 1. The minimum atomic E-state index is -0.806. The molecule has 1 N–H and O–H groups in total. The van der Waals surface area contributed by atoms with Crippen molar-refractivity contribution in [2.75, 3.05) is 32.2 Å². The molecule has 0 saturated carbocycles. The normalized spacial score (nSPS) is 15.4. The quantitative estimate of drug-likeness (QED) is 0.684. The Labute approximate surface area is 179 Å². The van der Waals surface area contributed by atoms with Crippen molar-refractivity contribution in [2.24, 2.45) is 0 Å². The van der Waals surface area contributed by atoms with Gasteiger partial charge in [0.25, 0.3) is 0 Å². The van der Waals surface area contributed by atoms with E-state index in [1.54, 1.807) is 42.5 Å². The molecular formula is C21H21Cl2NO5. The van der Waals surface area contributed by atoms with E-state index in [4.69, 9.17) is 32.7 Å². The number of amides is 1. The van der Waals surface area contributed by atoms with Gasteiger partial charge in [-0.25, -0.2) is 4.79 Å². The molecule has 8 heteroatoms. The van der Waals surface area contributed by atoms with Gasteiger partial charge in [0.15, 0.2) is 6.61 Å². The van der Waals surface area contributed by atoms with Gasteiger partial charge in [0.05, 0.1) is 12.5 Å². The van der Waals surface area contributed by atoms with E-state index in [1.165, 1.54) is 7.11 Å². The number of hydrogen-bond acceptors (Lipinski definition) is 5. The van der Waals surface area contributed by atoms with Gasteiger partial charge in [0, 0.05) is 28.9 Å². The lowest BCUT2D eigenvalue weighted by molar-refractivity contribution is -0.142. The molecule has 0 unspecified atom stereocenters. The van der Waals surface area contributed by atoms with Crippen LogP contribution in [-0.4, -0.2) is 38.8 Å². The van der Waals surface area contributed by atoms with Crippen LogP contribution >= 0.6 is 23.2 Å². The number of methoxy groups -OCH3 is 1. The average molecular weight is 438 g/mol. The number of carbonyl (C=O) groups excluding carboxylic acids is 2. The summed E-state index contributed by atoms with van der Waals surface area (Å²) in [5.41, 5.74) is 0.541. The van der Waals surface area contributed by atoms with Crippen LogP contribution in [0.1, 0.15) is 18.4 Å². The van der Waals surface area contributed by atoms with E-state index < -0.39 is 11.4 Å². The topological polar surface area (TPSA) is 73.9 Å². The minimum absolute atomic E-state index is 0.159. The third-order valence-electron chi connectivity index (χ3n) is 4.92. The van der Waals surface area contributed by atoms with E-state index in [1.807, 2.05) is 0 Å². The predicted molar refractivity (Wildman–Crippen MR) is 111 cm³/mol. The summed E-state index contributed by atoms with van der Waals surface area (Å²) in [6, 6.07) is 12.0. The number of halogens is 2. The fourth-order valence-electron chi connectivity index (χ4n) is 3.30. The minimum Gasteiger partial charge on any atom is -0.482 e. The summed E-state index contributed by atoms with van der Waals surface area (Å²) in [7, 11) is 1.30. The van der Waals surface area contributed by atoms with E-state index in [9.17, 15) is 9.59 Å². The molecule has 3 rings (SSSR count). The van der Waals surface area contributed by atoms with Crippen molar-refractivity contribution in [3.05, 3.63) is 58.1 Å². The Morgan fingerprint density at radius 2 is 1.79 bits per heavy atom.